The zero-order valence-corrected chi connectivity index (χ0v) is 10.9. The molecule has 0 fully saturated rings. The van der Waals surface area contributed by atoms with Gasteiger partial charge in [-0.2, -0.15) is 26.0 Å². The topological polar surface area (TPSA) is 69.6 Å². The Morgan fingerprint density at radius 1 is 1.24 bits per heavy atom. The second-order valence-electron chi connectivity index (χ2n) is 2.82. The number of hydrogen-bond acceptors (Lipinski definition) is 3. The zero-order valence-electron chi connectivity index (χ0n) is 7.90. The van der Waals surface area contributed by atoms with Gasteiger partial charge in [-0.3, -0.25) is 0 Å². The van der Waals surface area contributed by atoms with E-state index in [2.05, 4.69) is 4.40 Å². The molecule has 0 spiro atoms. The molecule has 0 aromatic heterocycles. The Labute approximate surface area is 108 Å². The lowest BCUT2D eigenvalue weighted by atomic mass is 10.4. The van der Waals surface area contributed by atoms with Crippen molar-refractivity contribution in [3.05, 3.63) is 27.8 Å². The van der Waals surface area contributed by atoms with Crippen molar-refractivity contribution < 1.29 is 26.7 Å². The lowest BCUT2D eigenvalue weighted by Crippen LogP contribution is -2.35. The highest BCUT2D eigenvalue weighted by Crippen LogP contribution is 2.19. The van der Waals surface area contributed by atoms with Crippen molar-refractivity contribution in [1.29, 1.82) is 0 Å². The molecule has 1 rings (SSSR count). The first-order valence-electron chi connectivity index (χ1n) is 3.98. The second-order valence-corrected chi connectivity index (χ2v) is 5.67. The molecule has 0 radical (unpaired) electrons. The summed E-state index contributed by atoms with van der Waals surface area (Å²) >= 11 is 1.89. The zero-order chi connectivity index (χ0) is 13.3. The van der Waals surface area contributed by atoms with E-state index in [1.54, 1.807) is 0 Å². The molecule has 0 heterocycles. The summed E-state index contributed by atoms with van der Waals surface area (Å²) in [7, 11) is -4.61. The van der Waals surface area contributed by atoms with Crippen molar-refractivity contribution in [3.8, 4) is 0 Å². The fraction of sp³-hybridized carbons (Fsp3) is 0.125. The maximum Gasteiger partial charge on any atom is 0.420 e. The molecule has 0 unspecified atom stereocenters. The summed E-state index contributed by atoms with van der Waals surface area (Å²) < 4.78 is 61.1. The third-order valence-electron chi connectivity index (χ3n) is 1.56. The third kappa shape index (κ3) is 3.84. The number of halogens is 4. The van der Waals surface area contributed by atoms with Gasteiger partial charge in [0.15, 0.2) is 0 Å². The maximum absolute atomic E-state index is 11.9. The first kappa shape index (κ1) is 14.2. The molecule has 0 N–H and O–H groups in total. The maximum atomic E-state index is 11.9. The van der Waals surface area contributed by atoms with E-state index in [0.717, 1.165) is 12.1 Å². The van der Waals surface area contributed by atoms with Crippen molar-refractivity contribution in [1.82, 2.24) is 0 Å². The molecule has 17 heavy (non-hydrogen) atoms. The molecule has 0 aliphatic carbocycles. The first-order chi connectivity index (χ1) is 7.63. The van der Waals surface area contributed by atoms with E-state index < -0.39 is 27.0 Å². The van der Waals surface area contributed by atoms with Crippen LogP contribution in [-0.4, -0.2) is 20.5 Å². The van der Waals surface area contributed by atoms with E-state index >= 15 is 0 Å². The van der Waals surface area contributed by atoms with E-state index in [9.17, 15) is 26.7 Å². The van der Waals surface area contributed by atoms with Crippen LogP contribution in [-0.2, 0) is 10.0 Å². The summed E-state index contributed by atoms with van der Waals surface area (Å²) in [5.74, 6) is -2.64. The summed E-state index contributed by atoms with van der Waals surface area (Å²) in [5, 5.41) is 10.4. The standard InChI is InChI=1S/C8H5F3INO3S/c9-8(10,11)7(14)13-17(15,16)6-3-1-5(12)2-4-6/h1-4H,(H,13,14)/p-1. The van der Waals surface area contributed by atoms with Gasteiger partial charge in [0.25, 0.3) is 10.0 Å². The third-order valence-corrected chi connectivity index (χ3v) is 3.55. The van der Waals surface area contributed by atoms with Gasteiger partial charge in [-0.15, -0.1) is 0 Å². The minimum Gasteiger partial charge on any atom is -0.855 e. The molecule has 4 nitrogen and oxygen atoms in total. The number of alkyl halides is 3. The summed E-state index contributed by atoms with van der Waals surface area (Å²) in [6.07, 6.45) is -5.30. The van der Waals surface area contributed by atoms with Crippen LogP contribution in [0.5, 0.6) is 0 Å². The SMILES string of the molecule is O=S(=O)(/N=C(\[O-])C(F)(F)F)c1ccc(I)cc1. The molecule has 0 amide bonds. The molecule has 0 saturated heterocycles. The summed E-state index contributed by atoms with van der Waals surface area (Å²) in [6, 6.07) is 4.90. The number of rotatable bonds is 2. The minimum absolute atomic E-state index is 0.462. The van der Waals surface area contributed by atoms with Gasteiger partial charge in [-0.25, -0.2) is 0 Å². The lowest BCUT2D eigenvalue weighted by Gasteiger charge is -2.13. The van der Waals surface area contributed by atoms with E-state index in [1.165, 1.54) is 12.1 Å². The average molecular weight is 378 g/mol. The molecule has 94 valence electrons. The molecule has 1 aromatic rings. The normalized spacial score (nSPS) is 13.8. The number of nitrogens with zero attached hydrogens (tertiary/aromatic N) is 1. The molecule has 0 saturated carbocycles. The van der Waals surface area contributed by atoms with Crippen LogP contribution in [0.2, 0.25) is 0 Å². The summed E-state index contributed by atoms with van der Waals surface area (Å²) in [6.45, 7) is 0. The van der Waals surface area contributed by atoms with Crippen LogP contribution < -0.4 is 5.11 Å². The predicted molar refractivity (Wildman–Crippen MR) is 59.8 cm³/mol. The number of sulfonamides is 1. The largest absolute Gasteiger partial charge is 0.855 e. The predicted octanol–water partition coefficient (Wildman–Crippen LogP) is 1.30. The van der Waals surface area contributed by atoms with Gasteiger partial charge in [0.1, 0.15) is 0 Å². The van der Waals surface area contributed by atoms with Crippen molar-refractivity contribution in [3.63, 3.8) is 0 Å². The Morgan fingerprint density at radius 2 is 1.71 bits per heavy atom. The average Bonchev–Trinajstić information content (AvgIpc) is 2.16. The van der Waals surface area contributed by atoms with Gasteiger partial charge in [-0.05, 0) is 46.9 Å². The Kier molecular flexibility index (Phi) is 4.02. The highest BCUT2D eigenvalue weighted by molar-refractivity contribution is 14.1. The smallest absolute Gasteiger partial charge is 0.420 e. The minimum atomic E-state index is -5.30. The number of benzene rings is 1. The Bertz CT molecular complexity index is 536. The van der Waals surface area contributed by atoms with Crippen LogP contribution in [0, 0.1) is 3.57 Å². The van der Waals surface area contributed by atoms with Crippen LogP contribution in [0.4, 0.5) is 13.2 Å². The van der Waals surface area contributed by atoms with Crippen LogP contribution in [0.1, 0.15) is 0 Å². The van der Waals surface area contributed by atoms with Gasteiger partial charge in [0, 0.05) is 3.57 Å². The molecule has 0 bridgehead atoms. The highest BCUT2D eigenvalue weighted by Gasteiger charge is 2.30. The molecule has 0 aliphatic rings. The van der Waals surface area contributed by atoms with Gasteiger partial charge >= 0.3 is 6.18 Å². The molecule has 0 aliphatic heterocycles. The van der Waals surface area contributed by atoms with Crippen molar-refractivity contribution in [2.75, 3.05) is 0 Å². The molecule has 1 aromatic carbocycles. The molecular formula is C8H4F3INO3S-. The monoisotopic (exact) mass is 378 g/mol. The highest BCUT2D eigenvalue weighted by atomic mass is 127. The Hall–Kier alpha value is -0.840. The van der Waals surface area contributed by atoms with Gasteiger partial charge in [-0.1, -0.05) is 0 Å². The van der Waals surface area contributed by atoms with Crippen molar-refractivity contribution in [2.45, 2.75) is 11.1 Å². The second kappa shape index (κ2) is 4.80. The summed E-state index contributed by atoms with van der Waals surface area (Å²) in [5.41, 5.74) is 0. The van der Waals surface area contributed by atoms with Crippen LogP contribution in [0.15, 0.2) is 33.6 Å². The molecule has 0 atom stereocenters. The lowest BCUT2D eigenvalue weighted by molar-refractivity contribution is -0.261. The molecule has 9 heteroatoms. The van der Waals surface area contributed by atoms with Crippen molar-refractivity contribution >= 4 is 38.5 Å². The quantitative estimate of drug-likeness (QED) is 0.443. The van der Waals surface area contributed by atoms with Crippen LogP contribution in [0.25, 0.3) is 0 Å². The van der Waals surface area contributed by atoms with E-state index in [0.29, 0.717) is 3.57 Å². The fourth-order valence-electron chi connectivity index (χ4n) is 0.820. The van der Waals surface area contributed by atoms with Crippen LogP contribution in [0.3, 0.4) is 0 Å². The van der Waals surface area contributed by atoms with E-state index in [4.69, 9.17) is 0 Å². The van der Waals surface area contributed by atoms with Gasteiger partial charge in [0.2, 0.25) is 0 Å². The van der Waals surface area contributed by atoms with Gasteiger partial charge in [0.05, 0.1) is 10.8 Å². The first-order valence-corrected chi connectivity index (χ1v) is 6.49. The Morgan fingerprint density at radius 3 is 2.12 bits per heavy atom. The summed E-state index contributed by atoms with van der Waals surface area (Å²) in [4.78, 5) is -0.462. The number of hydrogen-bond donors (Lipinski definition) is 0. The van der Waals surface area contributed by atoms with E-state index in [1.807, 2.05) is 22.6 Å². The fourth-order valence-corrected chi connectivity index (χ4v) is 2.09. The van der Waals surface area contributed by atoms with Crippen molar-refractivity contribution in [2.24, 2.45) is 4.40 Å². The van der Waals surface area contributed by atoms with Gasteiger partial charge < -0.3 is 5.11 Å². The Balaban J connectivity index is 3.18. The van der Waals surface area contributed by atoms with Crippen LogP contribution >= 0.6 is 22.6 Å². The molecular weight excluding hydrogens is 374 g/mol. The van der Waals surface area contributed by atoms with E-state index in [-0.39, 0.29) is 0 Å².